The first-order chi connectivity index (χ1) is 8.52. The van der Waals surface area contributed by atoms with Crippen molar-refractivity contribution in [3.63, 3.8) is 0 Å². The highest BCUT2D eigenvalue weighted by Crippen LogP contribution is 2.02. The zero-order chi connectivity index (χ0) is 13.9. The summed E-state index contributed by atoms with van der Waals surface area (Å²) in [4.78, 5) is 0. The fourth-order valence-corrected chi connectivity index (χ4v) is 3.21. The molecule has 0 aromatic carbocycles. The second-order valence-electron chi connectivity index (χ2n) is 4.94. The molecule has 0 radical (unpaired) electrons. The van der Waals surface area contributed by atoms with E-state index in [-0.39, 0.29) is 11.8 Å². The predicted molar refractivity (Wildman–Crippen MR) is 78.3 cm³/mol. The first kappa shape index (κ1) is 17.9. The summed E-state index contributed by atoms with van der Waals surface area (Å²) in [6.45, 7) is 8.10. The van der Waals surface area contributed by atoms with Crippen LogP contribution in [0.5, 0.6) is 0 Å². The van der Waals surface area contributed by atoms with Crippen LogP contribution in [0.3, 0.4) is 0 Å². The summed E-state index contributed by atoms with van der Waals surface area (Å²) >= 11 is 0. The van der Waals surface area contributed by atoms with E-state index in [1.807, 2.05) is 6.92 Å². The van der Waals surface area contributed by atoms with E-state index in [1.165, 1.54) is 0 Å². The molecule has 0 fully saturated rings. The summed E-state index contributed by atoms with van der Waals surface area (Å²) in [5, 5.41) is 3.27. The van der Waals surface area contributed by atoms with Gasteiger partial charge in [0.15, 0.2) is 0 Å². The molecule has 0 saturated carbocycles. The Balaban J connectivity index is 3.66. The molecule has 0 amide bonds. The standard InChI is InChI=1S/C13H30N2O2S/c1-4-6-9-13(3)15-18(16,17)12-8-7-11-14-10-5-2/h13-15H,4-12H2,1-3H3. The van der Waals surface area contributed by atoms with E-state index < -0.39 is 10.0 Å². The predicted octanol–water partition coefficient (Wildman–Crippen LogP) is 2.26. The summed E-state index contributed by atoms with van der Waals surface area (Å²) < 4.78 is 26.3. The smallest absolute Gasteiger partial charge is 0.211 e. The minimum Gasteiger partial charge on any atom is -0.317 e. The Labute approximate surface area is 113 Å². The molecule has 4 nitrogen and oxygen atoms in total. The monoisotopic (exact) mass is 278 g/mol. The van der Waals surface area contributed by atoms with Crippen molar-refractivity contribution in [2.24, 2.45) is 0 Å². The topological polar surface area (TPSA) is 58.2 Å². The number of nitrogens with one attached hydrogen (secondary N) is 2. The van der Waals surface area contributed by atoms with Crippen LogP contribution in [0.4, 0.5) is 0 Å². The minimum absolute atomic E-state index is 0.0631. The van der Waals surface area contributed by atoms with Crippen LogP contribution in [0.1, 0.15) is 59.3 Å². The number of hydrogen-bond acceptors (Lipinski definition) is 3. The Morgan fingerprint density at radius 2 is 1.72 bits per heavy atom. The van der Waals surface area contributed by atoms with Gasteiger partial charge in [-0.3, -0.25) is 0 Å². The second-order valence-corrected chi connectivity index (χ2v) is 6.81. The van der Waals surface area contributed by atoms with Gasteiger partial charge in [-0.2, -0.15) is 0 Å². The van der Waals surface area contributed by atoms with E-state index in [4.69, 9.17) is 0 Å². The third-order valence-electron chi connectivity index (χ3n) is 2.81. The molecule has 1 unspecified atom stereocenters. The van der Waals surface area contributed by atoms with E-state index in [1.54, 1.807) is 0 Å². The van der Waals surface area contributed by atoms with Crippen LogP contribution >= 0.6 is 0 Å². The minimum atomic E-state index is -3.08. The highest BCUT2D eigenvalue weighted by atomic mass is 32.2. The van der Waals surface area contributed by atoms with Gasteiger partial charge in [-0.05, 0) is 45.7 Å². The van der Waals surface area contributed by atoms with Crippen LogP contribution in [0.2, 0.25) is 0 Å². The van der Waals surface area contributed by atoms with Crippen molar-refractivity contribution in [3.05, 3.63) is 0 Å². The summed E-state index contributed by atoms with van der Waals surface area (Å²) in [5.74, 6) is 0.247. The maximum absolute atomic E-state index is 11.8. The first-order valence-electron chi connectivity index (χ1n) is 7.22. The van der Waals surface area contributed by atoms with Gasteiger partial charge in [0, 0.05) is 6.04 Å². The molecule has 110 valence electrons. The van der Waals surface area contributed by atoms with Crippen molar-refractivity contribution in [3.8, 4) is 0 Å². The summed E-state index contributed by atoms with van der Waals surface area (Å²) in [6.07, 6.45) is 5.87. The number of sulfonamides is 1. The molecule has 0 bridgehead atoms. The highest BCUT2D eigenvalue weighted by molar-refractivity contribution is 7.89. The van der Waals surface area contributed by atoms with Gasteiger partial charge in [-0.25, -0.2) is 13.1 Å². The van der Waals surface area contributed by atoms with Gasteiger partial charge in [0.1, 0.15) is 0 Å². The van der Waals surface area contributed by atoms with Gasteiger partial charge in [-0.15, -0.1) is 0 Å². The third-order valence-corrected chi connectivity index (χ3v) is 4.40. The molecular weight excluding hydrogens is 248 g/mol. The lowest BCUT2D eigenvalue weighted by Crippen LogP contribution is -2.34. The lowest BCUT2D eigenvalue weighted by Gasteiger charge is -2.13. The molecule has 5 heteroatoms. The van der Waals surface area contributed by atoms with E-state index in [2.05, 4.69) is 23.9 Å². The first-order valence-corrected chi connectivity index (χ1v) is 8.87. The summed E-state index contributed by atoms with van der Waals surface area (Å²) in [7, 11) is -3.08. The van der Waals surface area contributed by atoms with Crippen molar-refractivity contribution in [2.45, 2.75) is 65.3 Å². The number of unbranched alkanes of at least 4 members (excludes halogenated alkanes) is 2. The van der Waals surface area contributed by atoms with E-state index >= 15 is 0 Å². The van der Waals surface area contributed by atoms with Crippen molar-refractivity contribution in [1.29, 1.82) is 0 Å². The van der Waals surface area contributed by atoms with Gasteiger partial charge in [-0.1, -0.05) is 26.7 Å². The molecule has 0 spiro atoms. The van der Waals surface area contributed by atoms with Crippen LogP contribution in [-0.2, 0) is 10.0 Å². The lowest BCUT2D eigenvalue weighted by molar-refractivity contribution is 0.530. The fraction of sp³-hybridized carbons (Fsp3) is 1.00. The maximum atomic E-state index is 11.8. The molecule has 0 aliphatic carbocycles. The molecular formula is C13H30N2O2S. The second kappa shape index (κ2) is 10.8. The molecule has 0 rings (SSSR count). The molecule has 1 atom stereocenters. The van der Waals surface area contributed by atoms with Gasteiger partial charge < -0.3 is 5.32 Å². The lowest BCUT2D eigenvalue weighted by atomic mass is 10.2. The Morgan fingerprint density at radius 3 is 2.33 bits per heavy atom. The van der Waals surface area contributed by atoms with Crippen LogP contribution in [0.25, 0.3) is 0 Å². The number of hydrogen-bond donors (Lipinski definition) is 2. The zero-order valence-corrected chi connectivity index (χ0v) is 13.0. The molecule has 2 N–H and O–H groups in total. The van der Waals surface area contributed by atoms with Crippen molar-refractivity contribution in [1.82, 2.24) is 10.0 Å². The van der Waals surface area contributed by atoms with E-state index in [0.29, 0.717) is 0 Å². The Morgan fingerprint density at radius 1 is 1.00 bits per heavy atom. The Kier molecular flexibility index (Phi) is 10.7. The average molecular weight is 278 g/mol. The zero-order valence-electron chi connectivity index (χ0n) is 12.2. The van der Waals surface area contributed by atoms with Crippen molar-refractivity contribution >= 4 is 10.0 Å². The molecule has 0 aliphatic rings. The molecule has 0 aliphatic heterocycles. The van der Waals surface area contributed by atoms with E-state index in [0.717, 1.165) is 51.6 Å². The van der Waals surface area contributed by atoms with Gasteiger partial charge in [0.05, 0.1) is 5.75 Å². The molecule has 18 heavy (non-hydrogen) atoms. The third kappa shape index (κ3) is 11.0. The van der Waals surface area contributed by atoms with Crippen LogP contribution < -0.4 is 10.0 Å². The largest absolute Gasteiger partial charge is 0.317 e. The van der Waals surface area contributed by atoms with Crippen LogP contribution in [0, 0.1) is 0 Å². The van der Waals surface area contributed by atoms with Gasteiger partial charge >= 0.3 is 0 Å². The van der Waals surface area contributed by atoms with Crippen LogP contribution in [-0.4, -0.2) is 33.3 Å². The average Bonchev–Trinajstić information content (AvgIpc) is 2.30. The molecule has 0 saturated heterocycles. The SMILES string of the molecule is CCCCC(C)NS(=O)(=O)CCCCNCCC. The summed E-state index contributed by atoms with van der Waals surface area (Å²) in [6, 6.07) is 0.0631. The normalized spacial score (nSPS) is 13.7. The van der Waals surface area contributed by atoms with Crippen molar-refractivity contribution in [2.75, 3.05) is 18.8 Å². The fourth-order valence-electron chi connectivity index (χ4n) is 1.78. The quantitative estimate of drug-likeness (QED) is 0.538. The van der Waals surface area contributed by atoms with E-state index in [9.17, 15) is 8.42 Å². The molecule has 0 heterocycles. The highest BCUT2D eigenvalue weighted by Gasteiger charge is 2.13. The van der Waals surface area contributed by atoms with Gasteiger partial charge in [0.2, 0.25) is 10.0 Å². The molecule has 0 aromatic rings. The summed E-state index contributed by atoms with van der Waals surface area (Å²) in [5.41, 5.74) is 0. The van der Waals surface area contributed by atoms with Crippen molar-refractivity contribution < 1.29 is 8.42 Å². The maximum Gasteiger partial charge on any atom is 0.211 e. The van der Waals surface area contributed by atoms with Gasteiger partial charge in [0.25, 0.3) is 0 Å². The Hall–Kier alpha value is -0.130. The molecule has 0 aromatic heterocycles. The van der Waals surface area contributed by atoms with Crippen LogP contribution in [0.15, 0.2) is 0 Å². The Bertz CT molecular complexity index is 279. The number of rotatable bonds is 12.